The van der Waals surface area contributed by atoms with Gasteiger partial charge in [0, 0.05) is 31.6 Å². The monoisotopic (exact) mass is 584 g/mol. The van der Waals surface area contributed by atoms with Crippen molar-refractivity contribution in [1.29, 1.82) is 0 Å². The third-order valence-corrected chi connectivity index (χ3v) is 8.03. The number of benzene rings is 2. The molecule has 4 amide bonds. The maximum atomic E-state index is 13.9. The average Bonchev–Trinajstić information content (AvgIpc) is 3.57. The average molecular weight is 585 g/mol. The van der Waals surface area contributed by atoms with E-state index in [1.165, 1.54) is 10.6 Å². The van der Waals surface area contributed by atoms with E-state index in [-0.39, 0.29) is 41.1 Å². The Morgan fingerprint density at radius 3 is 2.23 bits per heavy atom. The summed E-state index contributed by atoms with van der Waals surface area (Å²) in [5.41, 5.74) is 0.571. The first-order valence-corrected chi connectivity index (χ1v) is 14.2. The number of urea groups is 1. The number of hydrogen-bond donors (Lipinski definition) is 1. The minimum absolute atomic E-state index is 0.0945. The van der Waals surface area contributed by atoms with E-state index in [9.17, 15) is 19.2 Å². The summed E-state index contributed by atoms with van der Waals surface area (Å²) in [7, 11) is 0. The van der Waals surface area contributed by atoms with Gasteiger partial charge in [-0.3, -0.25) is 19.3 Å². The predicted octanol–water partition coefficient (Wildman–Crippen LogP) is 5.09. The molecule has 2 aliphatic rings. The van der Waals surface area contributed by atoms with Gasteiger partial charge < -0.3 is 19.5 Å². The number of nitrogens with one attached hydrogen (secondary N) is 1. The molecule has 1 fully saturated rings. The third kappa shape index (κ3) is 5.28. The van der Waals surface area contributed by atoms with Crippen molar-refractivity contribution in [3.05, 3.63) is 73.6 Å². The summed E-state index contributed by atoms with van der Waals surface area (Å²) < 4.78 is 7.70. The summed E-state index contributed by atoms with van der Waals surface area (Å²) in [6, 6.07) is 9.50. The molecule has 0 saturated carbocycles. The van der Waals surface area contributed by atoms with E-state index in [1.807, 2.05) is 6.92 Å². The van der Waals surface area contributed by atoms with Gasteiger partial charge in [0.2, 0.25) is 0 Å². The Bertz CT molecular complexity index is 1510. The third-order valence-electron chi connectivity index (χ3n) is 7.30. The van der Waals surface area contributed by atoms with Crippen LogP contribution in [0.15, 0.2) is 41.2 Å². The number of nitrogens with zero attached hydrogens (tertiary/aromatic N) is 3. The number of imide groups is 1. The van der Waals surface area contributed by atoms with Gasteiger partial charge in [0.05, 0.1) is 45.4 Å². The lowest BCUT2D eigenvalue weighted by Crippen LogP contribution is -2.41. The maximum Gasteiger partial charge on any atom is 0.317 e. The molecule has 0 bridgehead atoms. The fraction of sp³-hybridized carbons (Fsp3) is 0.379. The Balaban J connectivity index is 1.59. The van der Waals surface area contributed by atoms with Gasteiger partial charge in [-0.25, -0.2) is 4.79 Å². The van der Waals surface area contributed by atoms with Crippen molar-refractivity contribution in [1.82, 2.24) is 19.7 Å². The Labute approximate surface area is 241 Å². The van der Waals surface area contributed by atoms with E-state index in [0.717, 1.165) is 30.6 Å². The second-order valence-corrected chi connectivity index (χ2v) is 10.7. The first kappa shape index (κ1) is 28.0. The topological polar surface area (TPSA) is 101 Å². The Hall–Kier alpha value is -3.56. The number of fused-ring (bicyclic) bond motifs is 2. The Morgan fingerprint density at radius 2 is 1.60 bits per heavy atom. The molecule has 3 aromatic rings. The molecule has 1 saturated heterocycles. The van der Waals surface area contributed by atoms with Gasteiger partial charge >= 0.3 is 6.03 Å². The number of carbonyl (C=O) groups excluding carboxylic acids is 3. The molecule has 210 valence electrons. The molecule has 0 atom stereocenters. The second kappa shape index (κ2) is 11.9. The number of pyridine rings is 1. The Morgan fingerprint density at radius 1 is 0.975 bits per heavy atom. The molecule has 5 rings (SSSR count). The molecule has 0 spiro atoms. The van der Waals surface area contributed by atoms with E-state index in [2.05, 4.69) is 5.32 Å². The van der Waals surface area contributed by atoms with Crippen LogP contribution >= 0.6 is 23.2 Å². The van der Waals surface area contributed by atoms with E-state index in [0.29, 0.717) is 47.7 Å². The summed E-state index contributed by atoms with van der Waals surface area (Å²) in [5, 5.41) is 4.08. The van der Waals surface area contributed by atoms with E-state index < -0.39 is 17.4 Å². The lowest BCUT2D eigenvalue weighted by molar-refractivity contribution is 0.0637. The summed E-state index contributed by atoms with van der Waals surface area (Å²) >= 11 is 12.7. The molecule has 0 unspecified atom stereocenters. The molecule has 11 heteroatoms. The molecule has 1 N–H and O–H groups in total. The molecule has 2 aliphatic heterocycles. The highest BCUT2D eigenvalue weighted by atomic mass is 35.5. The first-order chi connectivity index (χ1) is 19.3. The van der Waals surface area contributed by atoms with Crippen LogP contribution in [0, 0.1) is 0 Å². The number of aromatic nitrogens is 1. The molecule has 3 heterocycles. The molecular formula is C29H30Cl2N4O5. The molecule has 2 aromatic carbocycles. The smallest absolute Gasteiger partial charge is 0.317 e. The van der Waals surface area contributed by atoms with Gasteiger partial charge in [0.25, 0.3) is 17.4 Å². The summed E-state index contributed by atoms with van der Waals surface area (Å²) in [5.74, 6) is -0.546. The minimum Gasteiger partial charge on any atom is -0.491 e. The minimum atomic E-state index is -0.448. The fourth-order valence-electron chi connectivity index (χ4n) is 5.17. The van der Waals surface area contributed by atoms with Crippen LogP contribution in [0.1, 0.15) is 59.0 Å². The SMILES string of the molecule is CCCCOc1c(CN2C(=O)c3ccccc3C2=O)n(CCNC(=O)N2CCCC2)c(=O)c2cc(Cl)c(Cl)cc12. The van der Waals surface area contributed by atoms with Crippen molar-refractivity contribution in [2.24, 2.45) is 0 Å². The van der Waals surface area contributed by atoms with Gasteiger partial charge in [-0.1, -0.05) is 48.7 Å². The molecule has 1 aromatic heterocycles. The Kier molecular flexibility index (Phi) is 8.32. The van der Waals surface area contributed by atoms with E-state index in [4.69, 9.17) is 27.9 Å². The maximum absolute atomic E-state index is 13.9. The highest BCUT2D eigenvalue weighted by Gasteiger charge is 2.36. The standard InChI is InChI=1S/C29H30Cl2N4O5/c1-2-3-14-40-25-20-15-22(30)23(31)16-21(20)28(38)34(13-10-32-29(39)33-11-6-7-12-33)24(25)17-35-26(36)18-8-4-5-9-19(18)27(35)37/h4-5,8-9,15-16H,2-3,6-7,10-14,17H2,1H3,(H,32,39). The van der Waals surface area contributed by atoms with Gasteiger partial charge in [0.15, 0.2) is 0 Å². The van der Waals surface area contributed by atoms with Crippen molar-refractivity contribution in [2.75, 3.05) is 26.2 Å². The number of halogens is 2. The van der Waals surface area contributed by atoms with Crippen molar-refractivity contribution in [3.63, 3.8) is 0 Å². The van der Waals surface area contributed by atoms with E-state index in [1.54, 1.807) is 35.2 Å². The second-order valence-electron chi connectivity index (χ2n) is 9.91. The quantitative estimate of drug-likeness (QED) is 0.279. The van der Waals surface area contributed by atoms with Crippen molar-refractivity contribution in [2.45, 2.75) is 45.7 Å². The highest BCUT2D eigenvalue weighted by Crippen LogP contribution is 2.36. The van der Waals surface area contributed by atoms with Crippen molar-refractivity contribution >= 4 is 51.8 Å². The van der Waals surface area contributed by atoms with Crippen LogP contribution < -0.4 is 15.6 Å². The van der Waals surface area contributed by atoms with Gasteiger partial charge in [-0.15, -0.1) is 0 Å². The molecule has 9 nitrogen and oxygen atoms in total. The van der Waals surface area contributed by atoms with Crippen LogP contribution in [0.25, 0.3) is 10.8 Å². The zero-order valence-corrected chi connectivity index (χ0v) is 23.7. The van der Waals surface area contributed by atoms with Crippen molar-refractivity contribution < 1.29 is 19.1 Å². The van der Waals surface area contributed by atoms with Crippen molar-refractivity contribution in [3.8, 4) is 5.75 Å². The van der Waals surface area contributed by atoms with Gasteiger partial charge in [-0.2, -0.15) is 0 Å². The number of rotatable bonds is 9. The lowest BCUT2D eigenvalue weighted by atomic mass is 10.1. The number of carbonyl (C=O) groups is 3. The zero-order valence-electron chi connectivity index (χ0n) is 22.2. The molecule has 40 heavy (non-hydrogen) atoms. The van der Waals surface area contributed by atoms with Crippen LogP contribution in [-0.2, 0) is 13.1 Å². The van der Waals surface area contributed by atoms with Crippen LogP contribution in [-0.4, -0.2) is 58.5 Å². The first-order valence-electron chi connectivity index (χ1n) is 13.5. The van der Waals surface area contributed by atoms with Crippen LogP contribution in [0.5, 0.6) is 5.75 Å². The number of hydrogen-bond acceptors (Lipinski definition) is 5. The lowest BCUT2D eigenvalue weighted by Gasteiger charge is -2.24. The zero-order chi connectivity index (χ0) is 28.4. The summed E-state index contributed by atoms with van der Waals surface area (Å²) in [6.07, 6.45) is 3.55. The molecule has 0 radical (unpaired) electrons. The number of amides is 4. The summed E-state index contributed by atoms with van der Waals surface area (Å²) in [4.78, 5) is 55.9. The number of likely N-dealkylation sites (tertiary alicyclic amines) is 1. The summed E-state index contributed by atoms with van der Waals surface area (Å²) in [6.45, 7) is 3.83. The van der Waals surface area contributed by atoms with Gasteiger partial charge in [0.1, 0.15) is 5.75 Å². The normalized spacial score (nSPS) is 14.8. The predicted molar refractivity (Wildman–Crippen MR) is 153 cm³/mol. The molecule has 0 aliphatic carbocycles. The number of ether oxygens (including phenoxy) is 1. The molecular weight excluding hydrogens is 555 g/mol. The van der Waals surface area contributed by atoms with E-state index >= 15 is 0 Å². The highest BCUT2D eigenvalue weighted by molar-refractivity contribution is 6.42. The van der Waals surface area contributed by atoms with Crippen LogP contribution in [0.4, 0.5) is 4.79 Å². The van der Waals surface area contributed by atoms with Gasteiger partial charge in [-0.05, 0) is 43.5 Å². The van der Waals surface area contributed by atoms with Crippen LogP contribution in [0.3, 0.4) is 0 Å². The largest absolute Gasteiger partial charge is 0.491 e. The fourth-order valence-corrected chi connectivity index (χ4v) is 5.50. The number of unbranched alkanes of at least 4 members (excludes halogenated alkanes) is 1. The van der Waals surface area contributed by atoms with Crippen LogP contribution in [0.2, 0.25) is 10.0 Å².